The summed E-state index contributed by atoms with van der Waals surface area (Å²) < 4.78 is 0. The van der Waals surface area contributed by atoms with E-state index in [0.717, 1.165) is 55.7 Å². The van der Waals surface area contributed by atoms with E-state index in [1.54, 1.807) is 0 Å². The van der Waals surface area contributed by atoms with Gasteiger partial charge in [0.15, 0.2) is 0 Å². The summed E-state index contributed by atoms with van der Waals surface area (Å²) in [7, 11) is 8.16. The Kier molecular flexibility index (Phi) is 8.06. The van der Waals surface area contributed by atoms with E-state index in [4.69, 9.17) is 20.5 Å². The molecule has 6 rings (SSSR count). The van der Waals surface area contributed by atoms with Crippen molar-refractivity contribution in [3.8, 4) is 0 Å². The zero-order valence-electron chi connectivity index (χ0n) is 25.3. The van der Waals surface area contributed by atoms with E-state index in [9.17, 15) is 0 Å². The third-order valence-electron chi connectivity index (χ3n) is 7.55. The van der Waals surface area contributed by atoms with E-state index in [2.05, 4.69) is 56.4 Å². The van der Waals surface area contributed by atoms with Gasteiger partial charge in [0.05, 0.1) is 22.8 Å². The fraction of sp³-hybridized carbons (Fsp3) is 0.167. The van der Waals surface area contributed by atoms with Crippen molar-refractivity contribution in [3.63, 3.8) is 0 Å². The number of hydrogen-bond acceptors (Lipinski definition) is 8. The Bertz CT molecular complexity index is 1850. The quantitative estimate of drug-likeness (QED) is 0.172. The Hall–Kier alpha value is -5.50. The molecule has 8 nitrogen and oxygen atoms in total. The van der Waals surface area contributed by atoms with Crippen LogP contribution in [0.5, 0.6) is 0 Å². The van der Waals surface area contributed by atoms with E-state index >= 15 is 0 Å². The molecule has 1 aliphatic carbocycles. The number of nitrogens with zero attached hydrogens (tertiary/aromatic N) is 8. The molecule has 0 atom stereocenters. The Morgan fingerprint density at radius 1 is 0.523 bits per heavy atom. The van der Waals surface area contributed by atoms with E-state index in [-0.39, 0.29) is 0 Å². The van der Waals surface area contributed by atoms with Crippen molar-refractivity contribution in [2.24, 2.45) is 30.7 Å². The third kappa shape index (κ3) is 6.01. The van der Waals surface area contributed by atoms with Gasteiger partial charge in [-0.3, -0.25) is 0 Å². The van der Waals surface area contributed by atoms with E-state index in [1.807, 2.05) is 113 Å². The van der Waals surface area contributed by atoms with Crippen LogP contribution in [0.25, 0.3) is 21.5 Å². The highest BCUT2D eigenvalue weighted by Gasteiger charge is 2.29. The number of hydrogen-bond donors (Lipinski definition) is 0. The van der Waals surface area contributed by atoms with Gasteiger partial charge in [0.25, 0.3) is 0 Å². The van der Waals surface area contributed by atoms with E-state index in [1.165, 1.54) is 0 Å². The topological polar surface area (TPSA) is 80.6 Å². The summed E-state index contributed by atoms with van der Waals surface area (Å²) >= 11 is 0. The monoisotopic (exact) mass is 578 g/mol. The molecule has 0 saturated carbocycles. The molecule has 0 N–H and O–H groups in total. The molecule has 5 aromatic rings. The van der Waals surface area contributed by atoms with Crippen LogP contribution < -0.4 is 9.80 Å². The lowest BCUT2D eigenvalue weighted by Crippen LogP contribution is -2.20. The Labute approximate surface area is 257 Å². The molecule has 0 saturated heterocycles. The first-order valence-corrected chi connectivity index (χ1v) is 14.5. The van der Waals surface area contributed by atoms with Crippen LogP contribution in [0, 0.1) is 0 Å². The molecular formula is C36H34N8. The van der Waals surface area contributed by atoms with Crippen molar-refractivity contribution >= 4 is 50.0 Å². The molecule has 0 amide bonds. The predicted molar refractivity (Wildman–Crippen MR) is 181 cm³/mol. The normalized spacial score (nSPS) is 16.9. The summed E-state index contributed by atoms with van der Waals surface area (Å²) in [5, 5.41) is 32.3. The molecule has 0 radical (unpaired) electrons. The molecule has 0 heterocycles. The fourth-order valence-electron chi connectivity index (χ4n) is 5.23. The van der Waals surface area contributed by atoms with Crippen LogP contribution in [0.2, 0.25) is 0 Å². The van der Waals surface area contributed by atoms with Crippen LogP contribution in [-0.4, -0.2) is 33.9 Å². The number of allylic oxidation sites excluding steroid dienone is 1. The minimum absolute atomic E-state index is 0.432. The van der Waals surface area contributed by atoms with Crippen molar-refractivity contribution in [1.29, 1.82) is 0 Å². The van der Waals surface area contributed by atoms with Crippen LogP contribution in [0.3, 0.4) is 0 Å². The van der Waals surface area contributed by atoms with Crippen LogP contribution in [0.15, 0.2) is 158 Å². The molecule has 0 aromatic heterocycles. The first-order chi connectivity index (χ1) is 21.4. The van der Waals surface area contributed by atoms with Crippen molar-refractivity contribution < 1.29 is 0 Å². The molecule has 0 unspecified atom stereocenters. The lowest BCUT2D eigenvalue weighted by molar-refractivity contribution is 0.508. The van der Waals surface area contributed by atoms with Crippen LogP contribution in [0.4, 0.5) is 28.4 Å². The second-order valence-electron chi connectivity index (χ2n) is 11.1. The molecule has 0 aliphatic heterocycles. The molecular weight excluding hydrogens is 544 g/mol. The second kappa shape index (κ2) is 12.4. The molecule has 5 aromatic carbocycles. The van der Waals surface area contributed by atoms with Gasteiger partial charge in [0.1, 0.15) is 0 Å². The van der Waals surface area contributed by atoms with Gasteiger partial charge in [-0.2, -0.15) is 30.7 Å². The Balaban J connectivity index is 1.39. The second-order valence-corrected chi connectivity index (χ2v) is 11.1. The van der Waals surface area contributed by atoms with E-state index < -0.39 is 5.66 Å². The zero-order valence-corrected chi connectivity index (χ0v) is 25.3. The predicted octanol–water partition coefficient (Wildman–Crippen LogP) is 10.3. The molecule has 0 spiro atoms. The lowest BCUT2D eigenvalue weighted by Gasteiger charge is -2.21. The maximum absolute atomic E-state index is 4.84. The fourth-order valence-corrected chi connectivity index (χ4v) is 5.23. The van der Waals surface area contributed by atoms with Crippen LogP contribution in [0.1, 0.15) is 6.42 Å². The van der Waals surface area contributed by atoms with Crippen molar-refractivity contribution in [2.45, 2.75) is 12.1 Å². The standard InChI is InChI=1S/C36H34N8/c1-43(2)34-20-18-32(28-14-8-10-16-30(28)34)39-41-36(24-22-27(23-25-36)38-37-26-12-6-5-7-13-26)42-40-33-19-21-35(44(3)4)31-17-11-9-15-29(31)33/h5-24H,25H2,1-4H3. The van der Waals surface area contributed by atoms with Gasteiger partial charge in [-0.05, 0) is 48.6 Å². The molecule has 0 fully saturated rings. The minimum atomic E-state index is -1.05. The molecule has 1 aliphatic rings. The lowest BCUT2D eigenvalue weighted by atomic mass is 10.0. The average molecular weight is 579 g/mol. The summed E-state index contributed by atoms with van der Waals surface area (Å²) in [6.07, 6.45) is 6.20. The molecule has 218 valence electrons. The minimum Gasteiger partial charge on any atom is -0.377 e. The van der Waals surface area contributed by atoms with Gasteiger partial charge in [-0.15, -0.1) is 0 Å². The average Bonchev–Trinajstić information content (AvgIpc) is 3.06. The maximum atomic E-state index is 4.84. The molecule has 0 bridgehead atoms. The smallest absolute Gasteiger partial charge is 0.213 e. The number of fused-ring (bicyclic) bond motifs is 2. The zero-order chi connectivity index (χ0) is 30.5. The highest BCUT2D eigenvalue weighted by atomic mass is 15.3. The van der Waals surface area contributed by atoms with Gasteiger partial charge in [0, 0.05) is 67.5 Å². The van der Waals surface area contributed by atoms with Crippen molar-refractivity contribution in [2.75, 3.05) is 38.0 Å². The number of benzene rings is 5. The largest absolute Gasteiger partial charge is 0.377 e. The van der Waals surface area contributed by atoms with Gasteiger partial charge >= 0.3 is 0 Å². The summed E-state index contributed by atoms with van der Waals surface area (Å²) in [6, 6.07) is 34.3. The molecule has 44 heavy (non-hydrogen) atoms. The van der Waals surface area contributed by atoms with Gasteiger partial charge in [-0.25, -0.2) is 0 Å². The number of azo groups is 3. The SMILES string of the molecule is CN(C)c1ccc(N=NC2(N=Nc3ccc(N(C)C)c4ccccc34)C=CC(N=Nc3ccccc3)=CC2)c2ccccc12. The van der Waals surface area contributed by atoms with Gasteiger partial charge in [0.2, 0.25) is 5.66 Å². The van der Waals surface area contributed by atoms with E-state index in [0.29, 0.717) is 6.42 Å². The third-order valence-corrected chi connectivity index (χ3v) is 7.55. The number of anilines is 2. The summed E-state index contributed by atoms with van der Waals surface area (Å²) in [5.74, 6) is 0. The summed E-state index contributed by atoms with van der Waals surface area (Å²) in [4.78, 5) is 4.20. The molecule has 8 heteroatoms. The highest BCUT2D eigenvalue weighted by Crippen LogP contribution is 2.38. The maximum Gasteiger partial charge on any atom is 0.213 e. The summed E-state index contributed by atoms with van der Waals surface area (Å²) in [6.45, 7) is 0. The number of rotatable bonds is 8. The van der Waals surface area contributed by atoms with Gasteiger partial charge in [-0.1, -0.05) is 72.8 Å². The highest BCUT2D eigenvalue weighted by molar-refractivity contribution is 6.01. The van der Waals surface area contributed by atoms with Crippen molar-refractivity contribution in [3.05, 3.63) is 127 Å². The Morgan fingerprint density at radius 3 is 1.50 bits per heavy atom. The van der Waals surface area contributed by atoms with Crippen LogP contribution in [-0.2, 0) is 0 Å². The Morgan fingerprint density at radius 2 is 1.02 bits per heavy atom. The van der Waals surface area contributed by atoms with Gasteiger partial charge < -0.3 is 9.80 Å². The first-order valence-electron chi connectivity index (χ1n) is 14.5. The first kappa shape index (κ1) is 28.6. The van der Waals surface area contributed by atoms with Crippen molar-refractivity contribution in [1.82, 2.24) is 0 Å². The van der Waals surface area contributed by atoms with Crippen LogP contribution >= 0.6 is 0 Å². The summed E-state index contributed by atoms with van der Waals surface area (Å²) in [5.41, 5.74) is 4.26.